The van der Waals surface area contributed by atoms with Crippen LogP contribution in [0.5, 0.6) is 0 Å². The van der Waals surface area contributed by atoms with Gasteiger partial charge in [-0.2, -0.15) is 0 Å². The lowest BCUT2D eigenvalue weighted by Gasteiger charge is -2.36. The van der Waals surface area contributed by atoms with Crippen LogP contribution in [0.25, 0.3) is 0 Å². The van der Waals surface area contributed by atoms with Crippen molar-refractivity contribution in [3.8, 4) is 0 Å². The van der Waals surface area contributed by atoms with Gasteiger partial charge in [0.25, 0.3) is 0 Å². The predicted octanol–water partition coefficient (Wildman–Crippen LogP) is -0.0643. The van der Waals surface area contributed by atoms with Gasteiger partial charge in [0.2, 0.25) is 5.91 Å². The highest BCUT2D eigenvalue weighted by Crippen LogP contribution is 2.32. The van der Waals surface area contributed by atoms with Crippen LogP contribution >= 0.6 is 0 Å². The Hall–Kier alpha value is -0.610. The Balaban J connectivity index is 2.40. The van der Waals surface area contributed by atoms with Crippen molar-refractivity contribution in [2.24, 2.45) is 5.73 Å². The maximum atomic E-state index is 10.6. The van der Waals surface area contributed by atoms with Gasteiger partial charge >= 0.3 is 0 Å². The average Bonchev–Trinajstić information content (AvgIpc) is 2.53. The molecule has 0 aliphatic heterocycles. The van der Waals surface area contributed by atoms with E-state index in [1.165, 1.54) is 25.7 Å². The van der Waals surface area contributed by atoms with E-state index in [2.05, 4.69) is 24.3 Å². The number of rotatable bonds is 5. The summed E-state index contributed by atoms with van der Waals surface area (Å²) in [4.78, 5) is 12.9. The second kappa shape index (κ2) is 4.75. The summed E-state index contributed by atoms with van der Waals surface area (Å²) in [7, 11) is 4.22. The molecule has 0 unspecified atom stereocenters. The van der Waals surface area contributed by atoms with Gasteiger partial charge < -0.3 is 16.0 Å². The zero-order valence-electron chi connectivity index (χ0n) is 9.18. The zero-order chi connectivity index (χ0) is 10.6. The van der Waals surface area contributed by atoms with E-state index in [9.17, 15) is 4.79 Å². The largest absolute Gasteiger partial charge is 0.369 e. The van der Waals surface area contributed by atoms with Crippen LogP contribution in [0, 0.1) is 0 Å². The van der Waals surface area contributed by atoms with E-state index >= 15 is 0 Å². The molecule has 0 saturated heterocycles. The normalized spacial score (nSPS) is 20.2. The van der Waals surface area contributed by atoms with Gasteiger partial charge in [-0.1, -0.05) is 12.8 Å². The zero-order valence-corrected chi connectivity index (χ0v) is 9.18. The first-order valence-corrected chi connectivity index (χ1v) is 5.23. The summed E-state index contributed by atoms with van der Waals surface area (Å²) in [5.74, 6) is -0.281. The molecule has 1 saturated carbocycles. The van der Waals surface area contributed by atoms with Gasteiger partial charge in [-0.15, -0.1) is 0 Å². The first-order chi connectivity index (χ1) is 6.57. The average molecular weight is 199 g/mol. The van der Waals surface area contributed by atoms with Crippen molar-refractivity contribution < 1.29 is 4.79 Å². The topological polar surface area (TPSA) is 58.4 Å². The molecule has 0 aromatic rings. The molecule has 3 N–H and O–H groups in total. The molecule has 0 spiro atoms. The van der Waals surface area contributed by atoms with Crippen LogP contribution in [0.1, 0.15) is 25.7 Å². The number of carbonyl (C=O) groups excluding carboxylic acids is 1. The Bertz CT molecular complexity index is 198. The molecule has 1 fully saturated rings. The standard InChI is InChI=1S/C10H21N3O/c1-13(2)10(5-3-4-6-10)8-12-7-9(11)14/h12H,3-8H2,1-2H3,(H2,11,14). The van der Waals surface area contributed by atoms with Crippen LogP contribution in [0.15, 0.2) is 0 Å². The third-order valence-corrected chi connectivity index (χ3v) is 3.24. The molecule has 1 aliphatic rings. The van der Waals surface area contributed by atoms with Gasteiger partial charge in [-0.25, -0.2) is 0 Å². The summed E-state index contributed by atoms with van der Waals surface area (Å²) in [6.45, 7) is 1.15. The van der Waals surface area contributed by atoms with Crippen LogP contribution in [-0.2, 0) is 4.79 Å². The fourth-order valence-electron chi connectivity index (χ4n) is 2.23. The molecule has 1 amide bonds. The Morgan fingerprint density at radius 3 is 2.43 bits per heavy atom. The van der Waals surface area contributed by atoms with Crippen molar-refractivity contribution >= 4 is 5.91 Å². The highest BCUT2D eigenvalue weighted by molar-refractivity contribution is 5.75. The maximum absolute atomic E-state index is 10.6. The van der Waals surface area contributed by atoms with Crippen molar-refractivity contribution in [2.45, 2.75) is 31.2 Å². The SMILES string of the molecule is CN(C)C1(CNCC(N)=O)CCCC1. The van der Waals surface area contributed by atoms with E-state index in [-0.39, 0.29) is 18.0 Å². The number of amides is 1. The number of carbonyl (C=O) groups is 1. The molecule has 1 aliphatic carbocycles. The summed E-state index contributed by atoms with van der Waals surface area (Å²) in [5.41, 5.74) is 5.33. The van der Waals surface area contributed by atoms with Crippen LogP contribution in [0.4, 0.5) is 0 Å². The van der Waals surface area contributed by atoms with Crippen molar-refractivity contribution in [2.75, 3.05) is 27.2 Å². The van der Waals surface area contributed by atoms with Crippen LogP contribution in [0.2, 0.25) is 0 Å². The van der Waals surface area contributed by atoms with Gasteiger partial charge in [0, 0.05) is 12.1 Å². The third kappa shape index (κ3) is 2.69. The van der Waals surface area contributed by atoms with Crippen LogP contribution in [0.3, 0.4) is 0 Å². The molecular formula is C10H21N3O. The Morgan fingerprint density at radius 1 is 1.43 bits per heavy atom. The number of primary amides is 1. The highest BCUT2D eigenvalue weighted by Gasteiger charge is 2.35. The van der Waals surface area contributed by atoms with Gasteiger partial charge in [-0.3, -0.25) is 4.79 Å². The second-order valence-corrected chi connectivity index (χ2v) is 4.40. The number of likely N-dealkylation sites (N-methyl/N-ethyl adjacent to an activating group) is 1. The predicted molar refractivity (Wildman–Crippen MR) is 57.0 cm³/mol. The smallest absolute Gasteiger partial charge is 0.231 e. The number of nitrogens with one attached hydrogen (secondary N) is 1. The minimum atomic E-state index is -0.281. The molecule has 82 valence electrons. The van der Waals surface area contributed by atoms with E-state index in [1.807, 2.05) is 0 Å². The molecule has 4 heteroatoms. The van der Waals surface area contributed by atoms with Gasteiger partial charge in [-0.05, 0) is 26.9 Å². The molecule has 0 radical (unpaired) electrons. The van der Waals surface area contributed by atoms with Crippen LogP contribution in [-0.4, -0.2) is 43.5 Å². The fraction of sp³-hybridized carbons (Fsp3) is 0.900. The molecule has 14 heavy (non-hydrogen) atoms. The molecule has 4 nitrogen and oxygen atoms in total. The first kappa shape index (κ1) is 11.5. The summed E-state index contributed by atoms with van der Waals surface area (Å²) < 4.78 is 0. The van der Waals surface area contributed by atoms with Crippen molar-refractivity contribution in [1.29, 1.82) is 0 Å². The third-order valence-electron chi connectivity index (χ3n) is 3.24. The summed E-state index contributed by atoms with van der Waals surface area (Å²) in [5, 5.41) is 3.13. The van der Waals surface area contributed by atoms with E-state index in [1.54, 1.807) is 0 Å². The molecule has 0 atom stereocenters. The lowest BCUT2D eigenvalue weighted by molar-refractivity contribution is -0.117. The lowest BCUT2D eigenvalue weighted by Crippen LogP contribution is -2.50. The summed E-state index contributed by atoms with van der Waals surface area (Å²) >= 11 is 0. The van der Waals surface area contributed by atoms with E-state index in [4.69, 9.17) is 5.73 Å². The van der Waals surface area contributed by atoms with Crippen molar-refractivity contribution in [3.05, 3.63) is 0 Å². The molecule has 0 aromatic carbocycles. The Labute approximate surface area is 85.8 Å². The van der Waals surface area contributed by atoms with E-state index in [0.717, 1.165) is 6.54 Å². The fourth-order valence-corrected chi connectivity index (χ4v) is 2.23. The Kier molecular flexibility index (Phi) is 3.89. The number of hydrogen-bond donors (Lipinski definition) is 2. The molecule has 0 bridgehead atoms. The first-order valence-electron chi connectivity index (χ1n) is 5.23. The Morgan fingerprint density at radius 2 is 2.00 bits per heavy atom. The summed E-state index contributed by atoms with van der Waals surface area (Å²) in [6, 6.07) is 0. The second-order valence-electron chi connectivity index (χ2n) is 4.40. The number of nitrogens with zero attached hydrogens (tertiary/aromatic N) is 1. The van der Waals surface area contributed by atoms with E-state index in [0.29, 0.717) is 0 Å². The van der Waals surface area contributed by atoms with Gasteiger partial charge in [0.15, 0.2) is 0 Å². The highest BCUT2D eigenvalue weighted by atomic mass is 16.1. The number of hydrogen-bond acceptors (Lipinski definition) is 3. The molecule has 0 heterocycles. The number of nitrogens with two attached hydrogens (primary N) is 1. The minimum absolute atomic E-state index is 0.245. The van der Waals surface area contributed by atoms with Gasteiger partial charge in [0.05, 0.1) is 6.54 Å². The lowest BCUT2D eigenvalue weighted by atomic mass is 9.96. The van der Waals surface area contributed by atoms with Crippen LogP contribution < -0.4 is 11.1 Å². The molecular weight excluding hydrogens is 178 g/mol. The van der Waals surface area contributed by atoms with Gasteiger partial charge in [0.1, 0.15) is 0 Å². The van der Waals surface area contributed by atoms with Crippen molar-refractivity contribution in [3.63, 3.8) is 0 Å². The summed E-state index contributed by atoms with van der Waals surface area (Å²) in [6.07, 6.45) is 5.00. The molecule has 1 rings (SSSR count). The van der Waals surface area contributed by atoms with E-state index < -0.39 is 0 Å². The molecule has 0 aromatic heterocycles. The monoisotopic (exact) mass is 199 g/mol. The quantitative estimate of drug-likeness (QED) is 0.652. The minimum Gasteiger partial charge on any atom is -0.369 e. The maximum Gasteiger partial charge on any atom is 0.231 e. The van der Waals surface area contributed by atoms with Crippen molar-refractivity contribution in [1.82, 2.24) is 10.2 Å².